The van der Waals surface area contributed by atoms with E-state index in [4.69, 9.17) is 0 Å². The molecule has 0 radical (unpaired) electrons. The first-order valence-electron chi connectivity index (χ1n) is 6.47. The Morgan fingerprint density at radius 3 is 2.27 bits per heavy atom. The topological polar surface area (TPSA) is 41.1 Å². The molecule has 0 bridgehead atoms. The van der Waals surface area contributed by atoms with Crippen LogP contribution in [0.3, 0.4) is 0 Å². The second kappa shape index (κ2) is 8.22. The quantitative estimate of drug-likeness (QED) is 0.905. The average Bonchev–Trinajstić information content (AvgIpc) is 2.47. The highest BCUT2D eigenvalue weighted by Crippen LogP contribution is 2.21. The summed E-state index contributed by atoms with van der Waals surface area (Å²) < 4.78 is 26.5. The van der Waals surface area contributed by atoms with E-state index in [0.29, 0.717) is 17.2 Å². The Morgan fingerprint density at radius 1 is 1.00 bits per heavy atom. The fourth-order valence-corrected chi connectivity index (χ4v) is 2.23. The molecule has 2 heterocycles. The van der Waals surface area contributed by atoms with Crippen molar-refractivity contribution in [1.82, 2.24) is 15.3 Å². The molecule has 120 valence electrons. The number of nitrogens with one attached hydrogen (secondary N) is 1. The number of rotatable bonds is 2. The molecule has 1 N–H and O–H groups in total. The number of hydrogen-bond donors (Lipinski definition) is 1. The highest BCUT2D eigenvalue weighted by Gasteiger charge is 2.14. The van der Waals surface area contributed by atoms with E-state index in [1.165, 1.54) is 12.1 Å². The molecule has 1 aliphatic rings. The van der Waals surface area contributed by atoms with Crippen molar-refractivity contribution >= 4 is 30.8 Å². The minimum Gasteiger partial charge on any atom is -0.338 e. The number of benzene rings is 1. The Bertz CT molecular complexity index is 601. The van der Waals surface area contributed by atoms with Crippen molar-refractivity contribution < 1.29 is 8.78 Å². The zero-order valence-corrected chi connectivity index (χ0v) is 13.3. The zero-order chi connectivity index (χ0) is 13.9. The summed E-state index contributed by atoms with van der Waals surface area (Å²) in [6, 6.07) is 5.04. The van der Waals surface area contributed by atoms with Crippen LogP contribution < -0.4 is 10.2 Å². The molecular formula is C14H16Cl2F2N4. The fraction of sp³-hybridized carbons (Fsp3) is 0.286. The van der Waals surface area contributed by atoms with Gasteiger partial charge in [-0.2, -0.15) is 0 Å². The van der Waals surface area contributed by atoms with Crippen molar-refractivity contribution in [3.05, 3.63) is 42.1 Å². The minimum atomic E-state index is -0.609. The molecule has 0 saturated carbocycles. The van der Waals surface area contributed by atoms with Gasteiger partial charge in [-0.25, -0.2) is 18.7 Å². The summed E-state index contributed by atoms with van der Waals surface area (Å²) in [5, 5.41) is 3.25. The number of anilines is 1. The number of halogens is 4. The van der Waals surface area contributed by atoms with Crippen molar-refractivity contribution in [2.24, 2.45) is 0 Å². The second-order valence-electron chi connectivity index (χ2n) is 4.64. The van der Waals surface area contributed by atoms with E-state index in [9.17, 15) is 8.78 Å². The molecule has 1 aromatic carbocycles. The smallest absolute Gasteiger partial charge is 0.225 e. The van der Waals surface area contributed by atoms with Gasteiger partial charge in [0.05, 0.1) is 5.69 Å². The van der Waals surface area contributed by atoms with Crippen LogP contribution in [0.25, 0.3) is 11.3 Å². The van der Waals surface area contributed by atoms with Gasteiger partial charge in [0.15, 0.2) is 0 Å². The van der Waals surface area contributed by atoms with E-state index < -0.39 is 11.6 Å². The van der Waals surface area contributed by atoms with E-state index >= 15 is 0 Å². The molecule has 0 aliphatic carbocycles. The molecule has 1 saturated heterocycles. The predicted octanol–water partition coefficient (Wildman–Crippen LogP) is 2.68. The molecule has 2 aromatic rings. The molecule has 1 aliphatic heterocycles. The van der Waals surface area contributed by atoms with E-state index in [1.54, 1.807) is 12.3 Å². The lowest BCUT2D eigenvalue weighted by Gasteiger charge is -2.27. The van der Waals surface area contributed by atoms with Gasteiger partial charge in [-0.3, -0.25) is 0 Å². The van der Waals surface area contributed by atoms with Crippen LogP contribution in [0.4, 0.5) is 14.7 Å². The summed E-state index contributed by atoms with van der Waals surface area (Å²) in [4.78, 5) is 10.7. The van der Waals surface area contributed by atoms with Gasteiger partial charge in [0, 0.05) is 44.0 Å². The Hall–Kier alpha value is -1.50. The maximum Gasteiger partial charge on any atom is 0.225 e. The normalized spacial score (nSPS) is 14.0. The van der Waals surface area contributed by atoms with Gasteiger partial charge in [-0.15, -0.1) is 24.8 Å². The van der Waals surface area contributed by atoms with Crippen LogP contribution in [-0.2, 0) is 0 Å². The summed E-state index contributed by atoms with van der Waals surface area (Å²) in [7, 11) is 0. The Labute approximate surface area is 139 Å². The molecule has 3 rings (SSSR count). The van der Waals surface area contributed by atoms with Gasteiger partial charge in [-0.1, -0.05) is 0 Å². The Kier molecular flexibility index (Phi) is 6.93. The first kappa shape index (κ1) is 18.5. The van der Waals surface area contributed by atoms with Crippen LogP contribution in [0.2, 0.25) is 0 Å². The van der Waals surface area contributed by atoms with Gasteiger partial charge in [0.1, 0.15) is 11.6 Å². The van der Waals surface area contributed by atoms with Crippen molar-refractivity contribution in [3.63, 3.8) is 0 Å². The van der Waals surface area contributed by atoms with Crippen molar-refractivity contribution in [1.29, 1.82) is 0 Å². The van der Waals surface area contributed by atoms with E-state index in [1.807, 2.05) is 0 Å². The number of nitrogens with zero attached hydrogens (tertiary/aromatic N) is 3. The summed E-state index contributed by atoms with van der Waals surface area (Å²) in [6.45, 7) is 3.40. The molecule has 0 spiro atoms. The number of aromatic nitrogens is 2. The molecule has 22 heavy (non-hydrogen) atoms. The first-order valence-corrected chi connectivity index (χ1v) is 6.47. The monoisotopic (exact) mass is 348 g/mol. The molecular weight excluding hydrogens is 333 g/mol. The summed E-state index contributed by atoms with van der Waals surface area (Å²) in [5.41, 5.74) is 0.938. The molecule has 8 heteroatoms. The van der Waals surface area contributed by atoms with Gasteiger partial charge in [0.2, 0.25) is 5.95 Å². The van der Waals surface area contributed by atoms with Crippen LogP contribution in [0, 0.1) is 11.6 Å². The van der Waals surface area contributed by atoms with Gasteiger partial charge < -0.3 is 10.2 Å². The lowest BCUT2D eigenvalue weighted by Crippen LogP contribution is -2.44. The Morgan fingerprint density at radius 2 is 1.64 bits per heavy atom. The largest absolute Gasteiger partial charge is 0.338 e. The third-order valence-corrected chi connectivity index (χ3v) is 3.20. The molecule has 1 aromatic heterocycles. The lowest BCUT2D eigenvalue weighted by atomic mass is 10.1. The van der Waals surface area contributed by atoms with E-state index in [-0.39, 0.29) is 24.8 Å². The van der Waals surface area contributed by atoms with Crippen molar-refractivity contribution in [2.45, 2.75) is 0 Å². The van der Waals surface area contributed by atoms with Crippen LogP contribution in [-0.4, -0.2) is 36.1 Å². The van der Waals surface area contributed by atoms with Crippen LogP contribution in [0.1, 0.15) is 0 Å². The highest BCUT2D eigenvalue weighted by atomic mass is 35.5. The molecule has 0 unspecified atom stereocenters. The maximum atomic E-state index is 13.3. The molecule has 4 nitrogen and oxygen atoms in total. The van der Waals surface area contributed by atoms with Crippen LogP contribution in [0.5, 0.6) is 0 Å². The van der Waals surface area contributed by atoms with Crippen molar-refractivity contribution in [3.8, 4) is 11.3 Å². The van der Waals surface area contributed by atoms with E-state index in [0.717, 1.165) is 32.2 Å². The fourth-order valence-electron chi connectivity index (χ4n) is 2.23. The number of piperazine rings is 1. The molecule has 0 atom stereocenters. The second-order valence-corrected chi connectivity index (χ2v) is 4.64. The average molecular weight is 349 g/mol. The first-order chi connectivity index (χ1) is 9.72. The third kappa shape index (κ3) is 4.25. The van der Waals surface area contributed by atoms with Crippen LogP contribution in [0.15, 0.2) is 30.5 Å². The highest BCUT2D eigenvalue weighted by molar-refractivity contribution is 5.85. The van der Waals surface area contributed by atoms with E-state index in [2.05, 4.69) is 20.2 Å². The van der Waals surface area contributed by atoms with Crippen molar-refractivity contribution in [2.75, 3.05) is 31.1 Å². The SMILES string of the molecule is Cl.Cl.Fc1cc(F)cc(-c2ccnc(N3CCNCC3)n2)c1. The molecule has 0 amide bonds. The minimum absolute atomic E-state index is 0. The van der Waals surface area contributed by atoms with Crippen LogP contribution >= 0.6 is 24.8 Å². The van der Waals surface area contributed by atoms with Gasteiger partial charge in [-0.05, 0) is 18.2 Å². The zero-order valence-electron chi connectivity index (χ0n) is 11.6. The van der Waals surface area contributed by atoms with Gasteiger partial charge >= 0.3 is 0 Å². The molecule has 1 fully saturated rings. The van der Waals surface area contributed by atoms with Gasteiger partial charge in [0.25, 0.3) is 0 Å². The summed E-state index contributed by atoms with van der Waals surface area (Å²) >= 11 is 0. The maximum absolute atomic E-state index is 13.3. The summed E-state index contributed by atoms with van der Waals surface area (Å²) in [6.07, 6.45) is 1.61. The third-order valence-electron chi connectivity index (χ3n) is 3.20. The predicted molar refractivity (Wildman–Crippen MR) is 87.0 cm³/mol. The Balaban J connectivity index is 0.00000121. The number of hydrogen-bond acceptors (Lipinski definition) is 4. The summed E-state index contributed by atoms with van der Waals surface area (Å²) in [5.74, 6) is -0.627. The standard InChI is InChI=1S/C14H14F2N4.2ClH/c15-11-7-10(8-12(16)9-11)13-1-2-18-14(19-13)20-5-3-17-4-6-20;;/h1-2,7-9,17H,3-6H2;2*1H. The lowest BCUT2D eigenvalue weighted by molar-refractivity contribution is 0.579.